The van der Waals surface area contributed by atoms with Crippen molar-refractivity contribution in [2.75, 3.05) is 0 Å². The largest absolute Gasteiger partial charge is 0.467 e. The lowest BCUT2D eigenvalue weighted by Crippen LogP contribution is -2.30. The van der Waals surface area contributed by atoms with Crippen LogP contribution in [-0.4, -0.2) is 17.6 Å². The van der Waals surface area contributed by atoms with E-state index in [9.17, 15) is 14.9 Å². The van der Waals surface area contributed by atoms with E-state index in [4.69, 9.17) is 27.6 Å². The molecule has 158 valence electrons. The van der Waals surface area contributed by atoms with Crippen molar-refractivity contribution in [2.45, 2.75) is 6.54 Å². The van der Waals surface area contributed by atoms with Gasteiger partial charge in [0.1, 0.15) is 23.2 Å². The van der Waals surface area contributed by atoms with Gasteiger partial charge < -0.3 is 15.1 Å². The number of hydrogen-bond donors (Lipinski definition) is 2. The molecule has 7 nitrogen and oxygen atoms in total. The Kier molecular flexibility index (Phi) is 6.08. The first kappa shape index (κ1) is 21.4. The fraction of sp³-hybridized carbons (Fsp3) is 0.0435. The van der Waals surface area contributed by atoms with Crippen molar-refractivity contribution >= 4 is 46.5 Å². The predicted molar refractivity (Wildman–Crippen MR) is 120 cm³/mol. The highest BCUT2D eigenvalue weighted by molar-refractivity contribution is 6.37. The number of rotatable bonds is 4. The molecular formula is C23H14Cl2N4O3. The minimum Gasteiger partial charge on any atom is -0.467 e. The SMILES string of the molecule is N#CC(C(=O)NCc1ccco1)=C1N=C(NC(=O)c2ccc(Cl)cc2Cl)c2ccccc21. The van der Waals surface area contributed by atoms with Crippen molar-refractivity contribution in [3.05, 3.63) is 98.9 Å². The van der Waals surface area contributed by atoms with Crippen LogP contribution in [0, 0.1) is 11.3 Å². The van der Waals surface area contributed by atoms with Crippen molar-refractivity contribution in [1.29, 1.82) is 5.26 Å². The number of benzene rings is 2. The molecule has 0 radical (unpaired) electrons. The lowest BCUT2D eigenvalue weighted by Gasteiger charge is -2.07. The summed E-state index contributed by atoms with van der Waals surface area (Å²) in [5.74, 6) is -0.352. The first-order valence-corrected chi connectivity index (χ1v) is 10.1. The van der Waals surface area contributed by atoms with Gasteiger partial charge in [-0.25, -0.2) is 4.99 Å². The van der Waals surface area contributed by atoms with E-state index in [0.29, 0.717) is 21.9 Å². The Balaban J connectivity index is 1.66. The molecule has 0 aliphatic carbocycles. The Bertz CT molecular complexity index is 1320. The maximum Gasteiger partial charge on any atom is 0.264 e. The fourth-order valence-electron chi connectivity index (χ4n) is 3.14. The van der Waals surface area contributed by atoms with Crippen molar-refractivity contribution in [2.24, 2.45) is 4.99 Å². The zero-order chi connectivity index (χ0) is 22.7. The number of furan rings is 1. The summed E-state index contributed by atoms with van der Waals surface area (Å²) in [6, 6.07) is 16.8. The molecular weight excluding hydrogens is 451 g/mol. The Hall–Kier alpha value is -3.86. The second kappa shape index (κ2) is 9.10. The summed E-state index contributed by atoms with van der Waals surface area (Å²) in [5.41, 5.74) is 1.32. The predicted octanol–water partition coefficient (Wildman–Crippen LogP) is 4.33. The minimum atomic E-state index is -0.606. The number of aliphatic imine (C=N–C) groups is 1. The molecule has 0 saturated heterocycles. The number of fused-ring (bicyclic) bond motifs is 1. The normalized spacial score (nSPS) is 13.6. The molecule has 1 aliphatic heterocycles. The summed E-state index contributed by atoms with van der Waals surface area (Å²) in [6.45, 7) is 0.119. The monoisotopic (exact) mass is 464 g/mol. The third-order valence-electron chi connectivity index (χ3n) is 4.65. The van der Waals surface area contributed by atoms with Gasteiger partial charge in [-0.1, -0.05) is 47.5 Å². The number of amides is 2. The van der Waals surface area contributed by atoms with Crippen LogP contribution >= 0.6 is 23.2 Å². The van der Waals surface area contributed by atoms with Crippen LogP contribution in [0.4, 0.5) is 0 Å². The van der Waals surface area contributed by atoms with E-state index in [2.05, 4.69) is 15.6 Å². The van der Waals surface area contributed by atoms with Crippen LogP contribution in [-0.2, 0) is 11.3 Å². The molecule has 9 heteroatoms. The van der Waals surface area contributed by atoms with Crippen LogP contribution < -0.4 is 10.6 Å². The molecule has 0 fully saturated rings. The third kappa shape index (κ3) is 4.28. The first-order chi connectivity index (χ1) is 15.5. The van der Waals surface area contributed by atoms with E-state index in [0.717, 1.165) is 0 Å². The lowest BCUT2D eigenvalue weighted by molar-refractivity contribution is -0.117. The smallest absolute Gasteiger partial charge is 0.264 e. The first-order valence-electron chi connectivity index (χ1n) is 9.37. The molecule has 32 heavy (non-hydrogen) atoms. The molecule has 1 aromatic heterocycles. The molecule has 3 aromatic rings. The molecule has 2 N–H and O–H groups in total. The van der Waals surface area contributed by atoms with Gasteiger partial charge in [-0.3, -0.25) is 9.59 Å². The molecule has 2 aromatic carbocycles. The minimum absolute atomic E-state index is 0.119. The van der Waals surface area contributed by atoms with Gasteiger partial charge in [0.25, 0.3) is 11.8 Å². The fourth-order valence-corrected chi connectivity index (χ4v) is 3.64. The molecule has 0 saturated carbocycles. The number of nitriles is 1. The Morgan fingerprint density at radius 2 is 1.84 bits per heavy atom. The van der Waals surface area contributed by atoms with Gasteiger partial charge in [0.05, 0.1) is 29.1 Å². The van der Waals surface area contributed by atoms with Gasteiger partial charge in [0.15, 0.2) is 0 Å². The molecule has 0 atom stereocenters. The Morgan fingerprint density at radius 3 is 2.53 bits per heavy atom. The van der Waals surface area contributed by atoms with Gasteiger partial charge in [-0.15, -0.1) is 0 Å². The van der Waals surface area contributed by atoms with E-state index >= 15 is 0 Å². The standard InChI is InChI=1S/C23H14Cl2N4O3/c24-13-7-8-17(19(25)10-13)23(31)29-21-16-6-2-1-5-15(16)20(28-21)18(11-26)22(30)27-12-14-4-3-9-32-14/h1-10H,12H2,(H,27,30)(H,28,29,31). The zero-order valence-electron chi connectivity index (χ0n) is 16.4. The van der Waals surface area contributed by atoms with Gasteiger partial charge >= 0.3 is 0 Å². The van der Waals surface area contributed by atoms with E-state index in [1.807, 2.05) is 6.07 Å². The summed E-state index contributed by atoms with van der Waals surface area (Å²) < 4.78 is 5.19. The summed E-state index contributed by atoms with van der Waals surface area (Å²) in [4.78, 5) is 29.8. The van der Waals surface area contributed by atoms with E-state index < -0.39 is 11.8 Å². The average Bonchev–Trinajstić information content (AvgIpc) is 3.42. The van der Waals surface area contributed by atoms with Crippen molar-refractivity contribution in [3.63, 3.8) is 0 Å². The molecule has 2 heterocycles. The topological polar surface area (TPSA) is 107 Å². The van der Waals surface area contributed by atoms with Crippen LogP contribution in [0.1, 0.15) is 27.2 Å². The highest BCUT2D eigenvalue weighted by Crippen LogP contribution is 2.31. The number of nitrogens with zero attached hydrogens (tertiary/aromatic N) is 2. The molecule has 4 rings (SSSR count). The number of carbonyl (C=O) groups excluding carboxylic acids is 2. The summed E-state index contributed by atoms with van der Waals surface area (Å²) in [7, 11) is 0. The van der Waals surface area contributed by atoms with Crippen LogP contribution in [0.3, 0.4) is 0 Å². The lowest BCUT2D eigenvalue weighted by atomic mass is 10.0. The number of carbonyl (C=O) groups is 2. The van der Waals surface area contributed by atoms with Gasteiger partial charge in [-0.05, 0) is 30.3 Å². The number of halogens is 2. The Labute approximate surface area is 193 Å². The van der Waals surface area contributed by atoms with E-state index in [1.54, 1.807) is 42.5 Å². The van der Waals surface area contributed by atoms with E-state index in [-0.39, 0.29) is 34.2 Å². The summed E-state index contributed by atoms with van der Waals surface area (Å²) >= 11 is 12.0. The number of nitrogens with one attached hydrogen (secondary N) is 2. The zero-order valence-corrected chi connectivity index (χ0v) is 17.9. The average molecular weight is 465 g/mol. The van der Waals surface area contributed by atoms with E-state index in [1.165, 1.54) is 18.4 Å². The highest BCUT2D eigenvalue weighted by atomic mass is 35.5. The summed E-state index contributed by atoms with van der Waals surface area (Å²) in [6.07, 6.45) is 1.49. The highest BCUT2D eigenvalue weighted by Gasteiger charge is 2.27. The number of hydrogen-bond acceptors (Lipinski definition) is 5. The number of amidine groups is 1. The maximum absolute atomic E-state index is 12.8. The van der Waals surface area contributed by atoms with Gasteiger partial charge in [0, 0.05) is 16.1 Å². The maximum atomic E-state index is 12.8. The molecule has 1 aliphatic rings. The van der Waals surface area contributed by atoms with Gasteiger partial charge in [-0.2, -0.15) is 5.26 Å². The molecule has 0 spiro atoms. The quantitative estimate of drug-likeness (QED) is 0.442. The van der Waals surface area contributed by atoms with Crippen molar-refractivity contribution < 1.29 is 14.0 Å². The van der Waals surface area contributed by atoms with Crippen molar-refractivity contribution in [1.82, 2.24) is 10.6 Å². The van der Waals surface area contributed by atoms with Crippen LogP contribution in [0.2, 0.25) is 10.0 Å². The summed E-state index contributed by atoms with van der Waals surface area (Å²) in [5, 5.41) is 15.6. The van der Waals surface area contributed by atoms with Crippen LogP contribution in [0.5, 0.6) is 0 Å². The third-order valence-corrected chi connectivity index (χ3v) is 5.20. The molecule has 0 unspecified atom stereocenters. The molecule has 2 amide bonds. The van der Waals surface area contributed by atoms with Crippen LogP contribution in [0.25, 0.3) is 5.70 Å². The van der Waals surface area contributed by atoms with Crippen molar-refractivity contribution in [3.8, 4) is 6.07 Å². The second-order valence-corrected chi connectivity index (χ2v) is 7.53. The van der Waals surface area contributed by atoms with Crippen LogP contribution in [0.15, 0.2) is 75.8 Å². The Morgan fingerprint density at radius 1 is 1.06 bits per heavy atom. The van der Waals surface area contributed by atoms with Gasteiger partial charge in [0.2, 0.25) is 0 Å². The molecule has 0 bridgehead atoms. The second-order valence-electron chi connectivity index (χ2n) is 6.68.